The Morgan fingerprint density at radius 3 is 2.83 bits per heavy atom. The molecule has 0 aliphatic carbocycles. The Bertz CT molecular complexity index is 1140. The van der Waals surface area contributed by atoms with E-state index in [1.165, 1.54) is 29.0 Å². The highest BCUT2D eigenvalue weighted by Gasteiger charge is 2.26. The van der Waals surface area contributed by atoms with Gasteiger partial charge >= 0.3 is 5.69 Å². The van der Waals surface area contributed by atoms with Gasteiger partial charge in [0, 0.05) is 38.3 Å². The van der Waals surface area contributed by atoms with Gasteiger partial charge in [0.15, 0.2) is 11.6 Å². The minimum atomic E-state index is -3.14. The topological polar surface area (TPSA) is 78.3 Å². The lowest BCUT2D eigenvalue weighted by Crippen LogP contribution is -2.21. The first kappa shape index (κ1) is 19.7. The molecule has 0 saturated heterocycles. The number of anilines is 1. The molecule has 3 heterocycles. The first-order chi connectivity index (χ1) is 14.3. The van der Waals surface area contributed by atoms with Gasteiger partial charge in [-0.05, 0) is 23.8 Å². The average molecular weight is 418 g/mol. The van der Waals surface area contributed by atoms with Crippen LogP contribution in [0.4, 0.5) is 19.0 Å². The number of nitrogens with one attached hydrogen (secondary N) is 1. The second-order valence-electron chi connectivity index (χ2n) is 6.76. The zero-order valence-electron chi connectivity index (χ0n) is 15.9. The van der Waals surface area contributed by atoms with Gasteiger partial charge in [-0.25, -0.2) is 9.18 Å². The smallest absolute Gasteiger partial charge is 0.352 e. The molecule has 3 aromatic rings. The molecule has 10 heteroatoms. The molecule has 0 radical (unpaired) electrons. The average Bonchev–Trinajstić information content (AvgIpc) is 3.17. The summed E-state index contributed by atoms with van der Waals surface area (Å²) in [6.07, 6.45) is 1.17. The van der Waals surface area contributed by atoms with Crippen molar-refractivity contribution in [3.8, 4) is 17.4 Å². The highest BCUT2D eigenvalue weighted by Crippen LogP contribution is 2.30. The molecule has 156 valence electrons. The Morgan fingerprint density at radius 1 is 1.23 bits per heavy atom. The Morgan fingerprint density at radius 2 is 2.07 bits per heavy atom. The molecule has 1 aliphatic heterocycles. The lowest BCUT2D eigenvalue weighted by Gasteiger charge is -2.12. The van der Waals surface area contributed by atoms with Crippen LogP contribution in [0, 0.1) is 5.82 Å². The maximum absolute atomic E-state index is 14.4. The Kier molecular flexibility index (Phi) is 5.06. The number of benzene rings is 1. The van der Waals surface area contributed by atoms with E-state index >= 15 is 0 Å². The molecule has 0 bridgehead atoms. The largest absolute Gasteiger partial charge is 0.473 e. The molecule has 1 N–H and O–H groups in total. The third-order valence-electron chi connectivity index (χ3n) is 4.42. The van der Waals surface area contributed by atoms with Crippen molar-refractivity contribution in [2.45, 2.75) is 26.0 Å². The van der Waals surface area contributed by atoms with E-state index in [4.69, 9.17) is 9.47 Å². The molecule has 7 nitrogen and oxygen atoms in total. The zero-order valence-corrected chi connectivity index (χ0v) is 15.9. The quantitative estimate of drug-likeness (QED) is 0.658. The summed E-state index contributed by atoms with van der Waals surface area (Å²) in [6.45, 7) is 1.88. The molecule has 1 aliphatic rings. The van der Waals surface area contributed by atoms with E-state index in [9.17, 15) is 18.0 Å². The molecule has 0 amide bonds. The molecule has 2 aromatic heterocycles. The fourth-order valence-electron chi connectivity index (χ4n) is 2.93. The van der Waals surface area contributed by atoms with E-state index in [1.807, 2.05) is 0 Å². The second-order valence-corrected chi connectivity index (χ2v) is 6.76. The van der Waals surface area contributed by atoms with Gasteiger partial charge in [0.05, 0.1) is 0 Å². The minimum absolute atomic E-state index is 0.0193. The molecule has 0 saturated carbocycles. The van der Waals surface area contributed by atoms with Gasteiger partial charge in [-0.2, -0.15) is 13.8 Å². The molecule has 0 unspecified atom stereocenters. The second kappa shape index (κ2) is 7.69. The number of hydrogen-bond donors (Lipinski definition) is 1. The van der Waals surface area contributed by atoms with Crippen molar-refractivity contribution in [2.75, 3.05) is 11.9 Å². The maximum Gasteiger partial charge on any atom is 0.352 e. The van der Waals surface area contributed by atoms with Gasteiger partial charge in [-0.3, -0.25) is 9.55 Å². The van der Waals surface area contributed by atoms with Crippen LogP contribution in [0.25, 0.3) is 0 Å². The van der Waals surface area contributed by atoms with E-state index in [2.05, 4.69) is 15.3 Å². The van der Waals surface area contributed by atoms with Crippen LogP contribution in [0.3, 0.4) is 0 Å². The predicted octanol–water partition coefficient (Wildman–Crippen LogP) is 3.69. The number of alkyl halides is 2. The summed E-state index contributed by atoms with van der Waals surface area (Å²) < 4.78 is 53.6. The Labute approximate surface area is 169 Å². The number of aromatic nitrogens is 3. The van der Waals surface area contributed by atoms with E-state index in [0.29, 0.717) is 24.5 Å². The van der Waals surface area contributed by atoms with Crippen molar-refractivity contribution >= 4 is 5.82 Å². The van der Waals surface area contributed by atoms with Crippen molar-refractivity contribution in [2.24, 2.45) is 0 Å². The third-order valence-corrected chi connectivity index (χ3v) is 4.42. The SMILES string of the molecule is CC(F)(F)c1cc(Oc2ccc(COc3cc4n(c(=O)n3)CCN4)cc2F)ccn1. The minimum Gasteiger partial charge on any atom is -0.473 e. The highest BCUT2D eigenvalue weighted by molar-refractivity contribution is 5.41. The van der Waals surface area contributed by atoms with Crippen molar-refractivity contribution in [1.82, 2.24) is 14.5 Å². The van der Waals surface area contributed by atoms with Gasteiger partial charge in [0.25, 0.3) is 5.92 Å². The number of halogens is 3. The fraction of sp³-hybridized carbons (Fsp3) is 0.250. The zero-order chi connectivity index (χ0) is 21.3. The van der Waals surface area contributed by atoms with Gasteiger partial charge < -0.3 is 14.8 Å². The maximum atomic E-state index is 14.4. The van der Waals surface area contributed by atoms with Gasteiger partial charge in [0.1, 0.15) is 23.9 Å². The first-order valence-electron chi connectivity index (χ1n) is 9.09. The monoisotopic (exact) mass is 418 g/mol. The van der Waals surface area contributed by atoms with Crippen LogP contribution in [0.15, 0.2) is 47.4 Å². The normalized spacial score (nSPS) is 12.9. The molecular formula is C20H17F3N4O3. The summed E-state index contributed by atoms with van der Waals surface area (Å²) in [6, 6.07) is 8.15. The predicted molar refractivity (Wildman–Crippen MR) is 102 cm³/mol. The summed E-state index contributed by atoms with van der Waals surface area (Å²) in [7, 11) is 0. The summed E-state index contributed by atoms with van der Waals surface area (Å²) >= 11 is 0. The van der Waals surface area contributed by atoms with Crippen LogP contribution in [-0.2, 0) is 19.1 Å². The summed E-state index contributed by atoms with van der Waals surface area (Å²) in [5.41, 5.74) is -0.416. The van der Waals surface area contributed by atoms with E-state index in [-0.39, 0.29) is 24.0 Å². The number of pyridine rings is 1. The van der Waals surface area contributed by atoms with Crippen LogP contribution >= 0.6 is 0 Å². The van der Waals surface area contributed by atoms with Crippen molar-refractivity contribution in [3.05, 3.63) is 70.2 Å². The lowest BCUT2D eigenvalue weighted by atomic mass is 10.2. The van der Waals surface area contributed by atoms with Crippen LogP contribution in [0.1, 0.15) is 18.2 Å². The molecule has 30 heavy (non-hydrogen) atoms. The Hall–Kier alpha value is -3.56. The third kappa shape index (κ3) is 4.22. The summed E-state index contributed by atoms with van der Waals surface area (Å²) in [4.78, 5) is 19.3. The molecular weight excluding hydrogens is 401 g/mol. The van der Waals surface area contributed by atoms with E-state index in [0.717, 1.165) is 13.0 Å². The van der Waals surface area contributed by atoms with Crippen LogP contribution in [-0.4, -0.2) is 21.1 Å². The number of fused-ring (bicyclic) bond motifs is 1. The van der Waals surface area contributed by atoms with Crippen molar-refractivity contribution in [1.29, 1.82) is 0 Å². The highest BCUT2D eigenvalue weighted by atomic mass is 19.3. The number of nitrogens with zero attached hydrogens (tertiary/aromatic N) is 3. The standard InChI is InChI=1S/C20H17F3N4O3/c1-20(22,23)16-9-13(4-5-24-16)30-15-3-2-12(8-14(15)21)11-29-18-10-17-25-6-7-27(17)19(28)26-18/h2-5,8-10,25H,6-7,11H2,1H3. The van der Waals surface area contributed by atoms with Crippen LogP contribution in [0.5, 0.6) is 17.4 Å². The number of ether oxygens (including phenoxy) is 2. The molecule has 0 fully saturated rings. The fourth-order valence-corrected chi connectivity index (χ4v) is 2.93. The molecule has 1 aromatic carbocycles. The van der Waals surface area contributed by atoms with Gasteiger partial charge in [-0.1, -0.05) is 6.07 Å². The lowest BCUT2D eigenvalue weighted by molar-refractivity contribution is 0.0125. The van der Waals surface area contributed by atoms with Crippen LogP contribution in [0.2, 0.25) is 0 Å². The summed E-state index contributed by atoms with van der Waals surface area (Å²) in [5.74, 6) is -3.17. The summed E-state index contributed by atoms with van der Waals surface area (Å²) in [5, 5.41) is 3.05. The molecule has 0 atom stereocenters. The first-order valence-corrected chi connectivity index (χ1v) is 9.09. The Balaban J connectivity index is 1.45. The van der Waals surface area contributed by atoms with Crippen LogP contribution < -0.4 is 20.5 Å². The van der Waals surface area contributed by atoms with Crippen molar-refractivity contribution in [3.63, 3.8) is 0 Å². The number of rotatable bonds is 6. The van der Waals surface area contributed by atoms with E-state index < -0.39 is 23.1 Å². The van der Waals surface area contributed by atoms with Gasteiger partial charge in [0.2, 0.25) is 5.88 Å². The van der Waals surface area contributed by atoms with Gasteiger partial charge in [-0.15, -0.1) is 0 Å². The number of hydrogen-bond acceptors (Lipinski definition) is 6. The van der Waals surface area contributed by atoms with Crippen molar-refractivity contribution < 1.29 is 22.6 Å². The molecule has 0 spiro atoms. The van der Waals surface area contributed by atoms with E-state index in [1.54, 1.807) is 12.1 Å². The molecule has 4 rings (SSSR count).